The minimum Gasteiger partial charge on any atom is -0.351 e. The van der Waals surface area contributed by atoms with Crippen LogP contribution in [0.4, 0.5) is 0 Å². The molecule has 0 radical (unpaired) electrons. The van der Waals surface area contributed by atoms with Crippen LogP contribution in [0.2, 0.25) is 0 Å². The van der Waals surface area contributed by atoms with Crippen molar-refractivity contribution in [3.8, 4) is 0 Å². The fourth-order valence-corrected chi connectivity index (χ4v) is 2.08. The van der Waals surface area contributed by atoms with Crippen LogP contribution in [-0.4, -0.2) is 37.0 Å². The molecule has 1 aromatic heterocycles. The van der Waals surface area contributed by atoms with Crippen LogP contribution in [0.3, 0.4) is 0 Å². The standard InChI is InChI=1S/C13H22N2OS/c1-11(2)15(3)9-5-4-8-14-13(16)12-7-6-10-17-12/h6-7,10-11H,4-5,8-9H2,1-3H3,(H,14,16). The van der Waals surface area contributed by atoms with Crippen LogP contribution in [0.5, 0.6) is 0 Å². The number of rotatable bonds is 7. The van der Waals surface area contributed by atoms with Crippen LogP contribution in [0.25, 0.3) is 0 Å². The molecule has 4 heteroatoms. The van der Waals surface area contributed by atoms with Crippen molar-refractivity contribution >= 4 is 17.2 Å². The summed E-state index contributed by atoms with van der Waals surface area (Å²) in [5, 5.41) is 4.86. The van der Waals surface area contributed by atoms with Crippen molar-refractivity contribution in [2.24, 2.45) is 0 Å². The fraction of sp³-hybridized carbons (Fsp3) is 0.615. The van der Waals surface area contributed by atoms with Crippen LogP contribution < -0.4 is 5.32 Å². The number of nitrogens with zero attached hydrogens (tertiary/aromatic N) is 1. The van der Waals surface area contributed by atoms with Crippen molar-refractivity contribution in [2.75, 3.05) is 20.1 Å². The van der Waals surface area contributed by atoms with E-state index in [4.69, 9.17) is 0 Å². The Morgan fingerprint density at radius 1 is 1.47 bits per heavy atom. The smallest absolute Gasteiger partial charge is 0.261 e. The van der Waals surface area contributed by atoms with Crippen molar-refractivity contribution in [1.29, 1.82) is 0 Å². The number of carbonyl (C=O) groups excluding carboxylic acids is 1. The van der Waals surface area contributed by atoms with E-state index in [0.717, 1.165) is 30.8 Å². The van der Waals surface area contributed by atoms with Crippen molar-refractivity contribution in [3.63, 3.8) is 0 Å². The van der Waals surface area contributed by atoms with Crippen LogP contribution >= 0.6 is 11.3 Å². The van der Waals surface area contributed by atoms with E-state index in [1.165, 1.54) is 11.3 Å². The first-order chi connectivity index (χ1) is 8.11. The zero-order valence-electron chi connectivity index (χ0n) is 10.9. The predicted octanol–water partition coefficient (Wildman–Crippen LogP) is 2.60. The van der Waals surface area contributed by atoms with Gasteiger partial charge in [0.1, 0.15) is 0 Å². The molecule has 3 nitrogen and oxygen atoms in total. The first-order valence-electron chi connectivity index (χ1n) is 6.13. The van der Waals surface area contributed by atoms with Crippen molar-refractivity contribution in [3.05, 3.63) is 22.4 Å². The third-order valence-corrected chi connectivity index (χ3v) is 3.72. The van der Waals surface area contributed by atoms with E-state index in [2.05, 4.69) is 31.1 Å². The Bertz CT molecular complexity index is 322. The molecule has 0 unspecified atom stereocenters. The topological polar surface area (TPSA) is 32.3 Å². The van der Waals surface area contributed by atoms with E-state index in [9.17, 15) is 4.79 Å². The molecule has 0 saturated heterocycles. The quantitative estimate of drug-likeness (QED) is 0.759. The summed E-state index contributed by atoms with van der Waals surface area (Å²) in [6, 6.07) is 4.35. The summed E-state index contributed by atoms with van der Waals surface area (Å²) in [5.41, 5.74) is 0. The SMILES string of the molecule is CC(C)N(C)CCCCNC(=O)c1cccs1. The summed E-state index contributed by atoms with van der Waals surface area (Å²) >= 11 is 1.48. The molecule has 0 aliphatic heterocycles. The first-order valence-corrected chi connectivity index (χ1v) is 7.01. The second kappa shape index (κ2) is 7.45. The maximum absolute atomic E-state index is 11.6. The normalized spacial score (nSPS) is 11.1. The van der Waals surface area contributed by atoms with Gasteiger partial charge in [-0.15, -0.1) is 11.3 Å². The lowest BCUT2D eigenvalue weighted by atomic mass is 10.2. The summed E-state index contributed by atoms with van der Waals surface area (Å²) in [7, 11) is 2.13. The van der Waals surface area contributed by atoms with Gasteiger partial charge in [-0.1, -0.05) is 6.07 Å². The Balaban J connectivity index is 2.07. The second-order valence-electron chi connectivity index (χ2n) is 4.51. The minimum absolute atomic E-state index is 0.0530. The van der Waals surface area contributed by atoms with Crippen molar-refractivity contribution in [1.82, 2.24) is 10.2 Å². The van der Waals surface area contributed by atoms with Gasteiger partial charge in [0.25, 0.3) is 5.91 Å². The number of hydrogen-bond donors (Lipinski definition) is 1. The molecular weight excluding hydrogens is 232 g/mol. The van der Waals surface area contributed by atoms with E-state index >= 15 is 0 Å². The van der Waals surface area contributed by atoms with Gasteiger partial charge >= 0.3 is 0 Å². The summed E-state index contributed by atoms with van der Waals surface area (Å²) in [6.45, 7) is 6.24. The van der Waals surface area contributed by atoms with Gasteiger partial charge in [-0.05, 0) is 51.7 Å². The third-order valence-electron chi connectivity index (χ3n) is 2.85. The molecule has 1 aromatic rings. The minimum atomic E-state index is 0.0530. The van der Waals surface area contributed by atoms with E-state index in [0.29, 0.717) is 6.04 Å². The molecule has 1 heterocycles. The molecule has 0 spiro atoms. The molecule has 1 rings (SSSR count). The van der Waals surface area contributed by atoms with Gasteiger partial charge in [-0.3, -0.25) is 4.79 Å². The number of hydrogen-bond acceptors (Lipinski definition) is 3. The lowest BCUT2D eigenvalue weighted by molar-refractivity contribution is 0.0956. The summed E-state index contributed by atoms with van der Waals surface area (Å²) in [6.07, 6.45) is 2.16. The van der Waals surface area contributed by atoms with Gasteiger partial charge in [0.2, 0.25) is 0 Å². The highest BCUT2D eigenvalue weighted by molar-refractivity contribution is 7.12. The fourth-order valence-electron chi connectivity index (χ4n) is 1.44. The second-order valence-corrected chi connectivity index (χ2v) is 5.46. The molecule has 0 aliphatic carbocycles. The average molecular weight is 254 g/mol. The maximum Gasteiger partial charge on any atom is 0.261 e. The van der Waals surface area contributed by atoms with Gasteiger partial charge < -0.3 is 10.2 Å². The van der Waals surface area contributed by atoms with Crippen LogP contribution in [0.1, 0.15) is 36.4 Å². The highest BCUT2D eigenvalue weighted by atomic mass is 32.1. The average Bonchev–Trinajstić information content (AvgIpc) is 2.81. The van der Waals surface area contributed by atoms with E-state index < -0.39 is 0 Å². The Morgan fingerprint density at radius 3 is 2.82 bits per heavy atom. The summed E-state index contributed by atoms with van der Waals surface area (Å²) in [4.78, 5) is 14.7. The van der Waals surface area contributed by atoms with Gasteiger partial charge in [0, 0.05) is 12.6 Å². The highest BCUT2D eigenvalue weighted by Crippen LogP contribution is 2.07. The third kappa shape index (κ3) is 5.33. The first kappa shape index (κ1) is 14.2. The van der Waals surface area contributed by atoms with E-state index in [1.54, 1.807) is 0 Å². The van der Waals surface area contributed by atoms with Crippen molar-refractivity contribution < 1.29 is 4.79 Å². The van der Waals surface area contributed by atoms with Gasteiger partial charge in [0.05, 0.1) is 4.88 Å². The molecule has 0 fully saturated rings. The Hall–Kier alpha value is -0.870. The van der Waals surface area contributed by atoms with Crippen LogP contribution in [0, 0.1) is 0 Å². The Morgan fingerprint density at radius 2 is 2.24 bits per heavy atom. The van der Waals surface area contributed by atoms with Crippen molar-refractivity contribution in [2.45, 2.75) is 32.7 Å². The van der Waals surface area contributed by atoms with Gasteiger partial charge in [0.15, 0.2) is 0 Å². The molecule has 17 heavy (non-hydrogen) atoms. The monoisotopic (exact) mass is 254 g/mol. The molecule has 0 aliphatic rings. The predicted molar refractivity (Wildman–Crippen MR) is 73.7 cm³/mol. The summed E-state index contributed by atoms with van der Waals surface area (Å²) in [5.74, 6) is 0.0530. The molecule has 1 amide bonds. The van der Waals surface area contributed by atoms with Gasteiger partial charge in [-0.2, -0.15) is 0 Å². The number of thiophene rings is 1. The molecule has 0 saturated carbocycles. The number of amides is 1. The van der Waals surface area contributed by atoms with Crippen LogP contribution in [0.15, 0.2) is 17.5 Å². The lowest BCUT2D eigenvalue weighted by Gasteiger charge is -2.20. The summed E-state index contributed by atoms with van der Waals surface area (Å²) < 4.78 is 0. The zero-order valence-corrected chi connectivity index (χ0v) is 11.7. The molecule has 1 N–H and O–H groups in total. The highest BCUT2D eigenvalue weighted by Gasteiger charge is 2.05. The maximum atomic E-state index is 11.6. The number of nitrogens with one attached hydrogen (secondary N) is 1. The molecule has 0 aromatic carbocycles. The zero-order chi connectivity index (χ0) is 12.7. The number of carbonyl (C=O) groups is 1. The molecular formula is C13H22N2OS. The van der Waals surface area contributed by atoms with E-state index in [-0.39, 0.29) is 5.91 Å². The molecule has 0 atom stereocenters. The van der Waals surface area contributed by atoms with Crippen LogP contribution in [-0.2, 0) is 0 Å². The van der Waals surface area contributed by atoms with Gasteiger partial charge in [-0.25, -0.2) is 0 Å². The lowest BCUT2D eigenvalue weighted by Crippen LogP contribution is -2.28. The Labute approximate surface area is 108 Å². The van der Waals surface area contributed by atoms with E-state index in [1.807, 2.05) is 17.5 Å². The largest absolute Gasteiger partial charge is 0.351 e. The molecule has 96 valence electrons. The molecule has 0 bridgehead atoms. The Kier molecular flexibility index (Phi) is 6.22. The number of unbranched alkanes of at least 4 members (excludes halogenated alkanes) is 1.